The lowest BCUT2D eigenvalue weighted by molar-refractivity contribution is 0.0945. The van der Waals surface area contributed by atoms with Gasteiger partial charge in [0.2, 0.25) is 0 Å². The molecule has 3 aromatic rings. The molecule has 27 heavy (non-hydrogen) atoms. The van der Waals surface area contributed by atoms with Crippen LogP contribution in [0, 0.1) is 6.92 Å². The summed E-state index contributed by atoms with van der Waals surface area (Å²) in [6.07, 6.45) is 0. The lowest BCUT2D eigenvalue weighted by Gasteiger charge is -2.25. The molecule has 0 fully saturated rings. The molecule has 1 N–H and O–H groups in total. The Balaban J connectivity index is 1.73. The van der Waals surface area contributed by atoms with Crippen LogP contribution in [0.3, 0.4) is 0 Å². The van der Waals surface area contributed by atoms with Crippen LogP contribution in [0.5, 0.6) is 5.75 Å². The van der Waals surface area contributed by atoms with Crippen LogP contribution in [-0.2, 0) is 0 Å². The van der Waals surface area contributed by atoms with Gasteiger partial charge in [-0.05, 0) is 50.2 Å². The number of aromatic nitrogens is 1. The van der Waals surface area contributed by atoms with Gasteiger partial charge in [-0.2, -0.15) is 11.3 Å². The third-order valence-corrected chi connectivity index (χ3v) is 6.22. The molecule has 1 unspecified atom stereocenters. The van der Waals surface area contributed by atoms with E-state index >= 15 is 0 Å². The summed E-state index contributed by atoms with van der Waals surface area (Å²) < 4.78 is 5.32. The molecule has 0 spiro atoms. The van der Waals surface area contributed by atoms with E-state index in [0.29, 0.717) is 11.4 Å². The summed E-state index contributed by atoms with van der Waals surface area (Å²) in [5.41, 5.74) is 2.93. The summed E-state index contributed by atoms with van der Waals surface area (Å²) in [5, 5.41) is 8.01. The molecule has 0 aliphatic heterocycles. The lowest BCUT2D eigenvalue weighted by atomic mass is 10.1. The molecule has 2 aromatic heterocycles. The number of likely N-dealkylation sites (N-methyl/N-ethyl adjacent to an activating group) is 1. The van der Waals surface area contributed by atoms with E-state index < -0.39 is 0 Å². The number of benzene rings is 1. The molecule has 1 atom stereocenters. The maximum Gasteiger partial charge on any atom is 0.263 e. The number of hydrogen-bond acceptors (Lipinski definition) is 6. The first-order valence-corrected chi connectivity index (χ1v) is 10.3. The highest BCUT2D eigenvalue weighted by molar-refractivity contribution is 7.17. The van der Waals surface area contributed by atoms with Crippen molar-refractivity contribution in [3.8, 4) is 16.3 Å². The van der Waals surface area contributed by atoms with E-state index in [1.165, 1.54) is 11.3 Å². The van der Waals surface area contributed by atoms with E-state index in [1.807, 2.05) is 62.1 Å². The van der Waals surface area contributed by atoms with Gasteiger partial charge in [-0.25, -0.2) is 4.98 Å². The van der Waals surface area contributed by atoms with Crippen LogP contribution in [0.4, 0.5) is 0 Å². The maximum absolute atomic E-state index is 12.7. The van der Waals surface area contributed by atoms with Gasteiger partial charge in [0, 0.05) is 17.5 Å². The lowest BCUT2D eigenvalue weighted by Crippen LogP contribution is -2.34. The summed E-state index contributed by atoms with van der Waals surface area (Å²) in [5.74, 6) is 0.727. The van der Waals surface area contributed by atoms with Gasteiger partial charge >= 0.3 is 0 Å². The number of hydrogen-bond donors (Lipinski definition) is 1. The first-order valence-electron chi connectivity index (χ1n) is 8.58. The van der Waals surface area contributed by atoms with Crippen LogP contribution in [-0.4, -0.2) is 43.5 Å². The fraction of sp³-hybridized carbons (Fsp3) is 0.300. The normalized spacial score (nSPS) is 12.2. The van der Waals surface area contributed by atoms with Crippen molar-refractivity contribution < 1.29 is 9.53 Å². The zero-order valence-electron chi connectivity index (χ0n) is 15.9. The van der Waals surface area contributed by atoms with Crippen molar-refractivity contribution in [2.24, 2.45) is 0 Å². The number of carbonyl (C=O) groups excluding carboxylic acids is 1. The first-order chi connectivity index (χ1) is 13.0. The Hall–Kier alpha value is -2.22. The molecular formula is C20H23N3O2S2. The number of amides is 1. The predicted octanol–water partition coefficient (Wildman–Crippen LogP) is 4.22. The summed E-state index contributed by atoms with van der Waals surface area (Å²) in [4.78, 5) is 20.1. The molecule has 1 amide bonds. The van der Waals surface area contributed by atoms with Gasteiger partial charge in [0.1, 0.15) is 15.6 Å². The average Bonchev–Trinajstić information content (AvgIpc) is 3.31. The predicted molar refractivity (Wildman–Crippen MR) is 112 cm³/mol. The second-order valence-electron chi connectivity index (χ2n) is 6.41. The van der Waals surface area contributed by atoms with Crippen molar-refractivity contribution in [3.63, 3.8) is 0 Å². The number of thiazole rings is 1. The highest BCUT2D eigenvalue weighted by Crippen LogP contribution is 2.29. The van der Waals surface area contributed by atoms with Crippen LogP contribution >= 0.6 is 22.7 Å². The Bertz CT molecular complexity index is 904. The maximum atomic E-state index is 12.7. The van der Waals surface area contributed by atoms with Crippen molar-refractivity contribution in [1.29, 1.82) is 0 Å². The summed E-state index contributed by atoms with van der Waals surface area (Å²) >= 11 is 3.06. The monoisotopic (exact) mass is 401 g/mol. The van der Waals surface area contributed by atoms with Crippen molar-refractivity contribution >= 4 is 28.6 Å². The van der Waals surface area contributed by atoms with Gasteiger partial charge in [-0.1, -0.05) is 12.1 Å². The van der Waals surface area contributed by atoms with Crippen LogP contribution in [0.15, 0.2) is 41.1 Å². The fourth-order valence-electron chi connectivity index (χ4n) is 2.83. The van der Waals surface area contributed by atoms with E-state index in [9.17, 15) is 4.79 Å². The number of nitrogens with zero attached hydrogens (tertiary/aromatic N) is 2. The number of rotatable bonds is 7. The van der Waals surface area contributed by atoms with Crippen LogP contribution in [0.1, 0.15) is 27.0 Å². The number of ether oxygens (including phenoxy) is 1. The fourth-order valence-corrected chi connectivity index (χ4v) is 4.53. The minimum absolute atomic E-state index is 0.0496. The second-order valence-corrected chi connectivity index (χ2v) is 8.19. The first kappa shape index (κ1) is 19.5. The molecule has 142 valence electrons. The molecule has 7 heteroatoms. The van der Waals surface area contributed by atoms with Gasteiger partial charge in [0.25, 0.3) is 5.91 Å². The molecule has 5 nitrogen and oxygen atoms in total. The highest BCUT2D eigenvalue weighted by atomic mass is 32.1. The Kier molecular flexibility index (Phi) is 6.26. The van der Waals surface area contributed by atoms with Crippen LogP contribution < -0.4 is 10.1 Å². The highest BCUT2D eigenvalue weighted by Gasteiger charge is 2.20. The zero-order valence-corrected chi connectivity index (χ0v) is 17.5. The van der Waals surface area contributed by atoms with Gasteiger partial charge in [-0.3, -0.25) is 4.79 Å². The number of methoxy groups -OCH3 is 1. The Morgan fingerprint density at radius 3 is 2.81 bits per heavy atom. The number of aryl methyl sites for hydroxylation is 1. The molecule has 0 bridgehead atoms. The molecule has 1 aromatic carbocycles. The summed E-state index contributed by atoms with van der Waals surface area (Å²) in [6.45, 7) is 2.39. The van der Waals surface area contributed by atoms with Gasteiger partial charge in [0.15, 0.2) is 0 Å². The second kappa shape index (κ2) is 8.65. The quantitative estimate of drug-likeness (QED) is 0.644. The topological polar surface area (TPSA) is 54.5 Å². The summed E-state index contributed by atoms with van der Waals surface area (Å²) in [7, 11) is 5.66. The standard InChI is InChI=1S/C20H23N3O2S2/c1-13-18(27-20(22-13)15-8-9-26-12-15)19(24)21-11-17(23(2)3)14-6-5-7-16(10-14)25-4/h5-10,12,17H,11H2,1-4H3,(H,21,24). The third-order valence-electron chi connectivity index (χ3n) is 4.33. The number of thiophene rings is 1. The minimum atomic E-state index is -0.0822. The molecule has 0 aliphatic carbocycles. The molecule has 0 saturated carbocycles. The van der Waals surface area contributed by atoms with Gasteiger partial charge < -0.3 is 15.0 Å². The van der Waals surface area contributed by atoms with Crippen LogP contribution in [0.2, 0.25) is 0 Å². The molecule has 3 rings (SSSR count). The Morgan fingerprint density at radius 2 is 2.15 bits per heavy atom. The number of nitrogens with one attached hydrogen (secondary N) is 1. The van der Waals surface area contributed by atoms with Crippen LogP contribution in [0.25, 0.3) is 10.6 Å². The molecule has 2 heterocycles. The van der Waals surface area contributed by atoms with Crippen molar-refractivity contribution in [1.82, 2.24) is 15.2 Å². The zero-order chi connectivity index (χ0) is 19.4. The van der Waals surface area contributed by atoms with Crippen molar-refractivity contribution in [3.05, 3.63) is 57.2 Å². The van der Waals surface area contributed by atoms with Crippen molar-refractivity contribution in [2.45, 2.75) is 13.0 Å². The van der Waals surface area contributed by atoms with E-state index in [0.717, 1.165) is 27.6 Å². The van der Waals surface area contributed by atoms with Gasteiger partial charge in [-0.15, -0.1) is 11.3 Å². The van der Waals surface area contributed by atoms with E-state index in [4.69, 9.17) is 4.74 Å². The van der Waals surface area contributed by atoms with E-state index in [2.05, 4.69) is 15.2 Å². The SMILES string of the molecule is COc1cccc(C(CNC(=O)c2sc(-c3ccsc3)nc2C)N(C)C)c1. The van der Waals surface area contributed by atoms with E-state index in [-0.39, 0.29) is 11.9 Å². The third kappa shape index (κ3) is 4.55. The van der Waals surface area contributed by atoms with Gasteiger partial charge in [0.05, 0.1) is 18.8 Å². The smallest absolute Gasteiger partial charge is 0.263 e. The number of carbonyl (C=O) groups is 1. The van der Waals surface area contributed by atoms with E-state index in [1.54, 1.807) is 18.4 Å². The largest absolute Gasteiger partial charge is 0.497 e. The molecule has 0 saturated heterocycles. The minimum Gasteiger partial charge on any atom is -0.497 e. The summed E-state index contributed by atoms with van der Waals surface area (Å²) in [6, 6.07) is 10.0. The van der Waals surface area contributed by atoms with Crippen molar-refractivity contribution in [2.75, 3.05) is 27.7 Å². The average molecular weight is 402 g/mol. The Labute approximate surface area is 167 Å². The Morgan fingerprint density at radius 1 is 1.33 bits per heavy atom. The molecule has 0 aliphatic rings. The molecule has 0 radical (unpaired) electrons. The molecular weight excluding hydrogens is 378 g/mol.